The molecule has 2 rings (SSSR count). The van der Waals surface area contributed by atoms with Crippen LogP contribution in [0.25, 0.3) is 11.1 Å². The number of rotatable bonds is 6. The molecule has 1 N–H and O–H groups in total. The van der Waals surface area contributed by atoms with Gasteiger partial charge in [-0.3, -0.25) is 4.79 Å². The molecule has 0 aliphatic carbocycles. The Bertz CT molecular complexity index is 579. The lowest BCUT2D eigenvalue weighted by Gasteiger charge is -2.12. The zero-order valence-corrected chi connectivity index (χ0v) is 12.5. The first-order valence-corrected chi connectivity index (χ1v) is 7.21. The molecule has 3 heteroatoms. The fourth-order valence-electron chi connectivity index (χ4n) is 1.96. The smallest absolute Gasteiger partial charge is 0.257 e. The minimum Gasteiger partial charge on any atom is -0.483 e. The first-order valence-electron chi connectivity index (χ1n) is 7.21. The lowest BCUT2D eigenvalue weighted by molar-refractivity contribution is -0.123. The Balaban J connectivity index is 2.03. The van der Waals surface area contributed by atoms with Crippen molar-refractivity contribution in [3.8, 4) is 16.9 Å². The Labute approximate surface area is 126 Å². The van der Waals surface area contributed by atoms with E-state index in [1.165, 1.54) is 0 Å². The van der Waals surface area contributed by atoms with Gasteiger partial charge in [0.05, 0.1) is 0 Å². The van der Waals surface area contributed by atoms with Crippen molar-refractivity contribution in [3.63, 3.8) is 0 Å². The minimum absolute atomic E-state index is 0.0383. The number of hydrogen-bond acceptors (Lipinski definition) is 2. The largest absolute Gasteiger partial charge is 0.483 e. The van der Waals surface area contributed by atoms with Gasteiger partial charge in [-0.25, -0.2) is 0 Å². The van der Waals surface area contributed by atoms with Gasteiger partial charge < -0.3 is 10.1 Å². The molecule has 0 fully saturated rings. The maximum absolute atomic E-state index is 11.7. The molecule has 2 aromatic rings. The van der Waals surface area contributed by atoms with Crippen LogP contribution in [0.5, 0.6) is 5.75 Å². The molecule has 0 bridgehead atoms. The molecule has 0 unspecified atom stereocenters. The summed E-state index contributed by atoms with van der Waals surface area (Å²) in [5, 5.41) is 2.85. The molecule has 0 aliphatic rings. The highest BCUT2D eigenvalue weighted by Crippen LogP contribution is 2.29. The van der Waals surface area contributed by atoms with Gasteiger partial charge >= 0.3 is 0 Å². The lowest BCUT2D eigenvalue weighted by Crippen LogP contribution is -2.31. The van der Waals surface area contributed by atoms with Gasteiger partial charge in [0.1, 0.15) is 5.75 Å². The van der Waals surface area contributed by atoms with E-state index in [-0.39, 0.29) is 12.5 Å². The highest BCUT2D eigenvalue weighted by Gasteiger charge is 2.08. The van der Waals surface area contributed by atoms with Crippen molar-refractivity contribution in [1.82, 2.24) is 5.32 Å². The van der Waals surface area contributed by atoms with E-state index in [4.69, 9.17) is 4.74 Å². The first-order chi connectivity index (χ1) is 10.2. The Morgan fingerprint density at radius 2 is 1.71 bits per heavy atom. The summed E-state index contributed by atoms with van der Waals surface area (Å²) in [6.45, 7) is 4.83. The normalized spacial score (nSPS) is 10.4. The van der Waals surface area contributed by atoms with E-state index >= 15 is 0 Å². The molecule has 0 aliphatic heterocycles. The quantitative estimate of drug-likeness (QED) is 0.881. The maximum atomic E-state index is 11.7. The van der Waals surface area contributed by atoms with E-state index in [0.29, 0.717) is 12.5 Å². The molecule has 0 saturated heterocycles. The standard InChI is InChI=1S/C18H21NO2/c1-14(2)12-19-18(20)13-21-17-11-7-6-10-16(17)15-8-4-3-5-9-15/h3-11,14H,12-13H2,1-2H3,(H,19,20). The summed E-state index contributed by atoms with van der Waals surface area (Å²) in [5.74, 6) is 1.07. The first kappa shape index (κ1) is 15.1. The maximum Gasteiger partial charge on any atom is 0.257 e. The van der Waals surface area contributed by atoms with Crippen LogP contribution < -0.4 is 10.1 Å². The van der Waals surface area contributed by atoms with E-state index in [9.17, 15) is 4.79 Å². The van der Waals surface area contributed by atoms with Crippen molar-refractivity contribution in [2.75, 3.05) is 13.2 Å². The lowest BCUT2D eigenvalue weighted by atomic mass is 10.1. The second-order valence-electron chi connectivity index (χ2n) is 5.35. The van der Waals surface area contributed by atoms with Gasteiger partial charge in [-0.2, -0.15) is 0 Å². The molecular weight excluding hydrogens is 262 g/mol. The predicted octanol–water partition coefficient (Wildman–Crippen LogP) is 3.50. The monoisotopic (exact) mass is 283 g/mol. The van der Waals surface area contributed by atoms with Gasteiger partial charge in [0.15, 0.2) is 6.61 Å². The van der Waals surface area contributed by atoms with Crippen LogP contribution in [0, 0.1) is 5.92 Å². The number of carbonyl (C=O) groups excluding carboxylic acids is 1. The number of nitrogens with one attached hydrogen (secondary N) is 1. The second-order valence-corrected chi connectivity index (χ2v) is 5.35. The SMILES string of the molecule is CC(C)CNC(=O)COc1ccccc1-c1ccccc1. The van der Waals surface area contributed by atoms with Gasteiger partial charge in [0.2, 0.25) is 0 Å². The number of carbonyl (C=O) groups is 1. The summed E-state index contributed by atoms with van der Waals surface area (Å²) >= 11 is 0. The zero-order chi connectivity index (χ0) is 15.1. The van der Waals surface area contributed by atoms with Crippen molar-refractivity contribution < 1.29 is 9.53 Å². The molecule has 0 atom stereocenters. The average molecular weight is 283 g/mol. The van der Waals surface area contributed by atoms with Crippen LogP contribution in [-0.2, 0) is 4.79 Å². The summed E-state index contributed by atoms with van der Waals surface area (Å²) in [5.41, 5.74) is 2.07. The molecule has 0 aromatic heterocycles. The fraction of sp³-hybridized carbons (Fsp3) is 0.278. The summed E-state index contributed by atoms with van der Waals surface area (Å²) in [7, 11) is 0. The highest BCUT2D eigenvalue weighted by molar-refractivity contribution is 5.78. The fourth-order valence-corrected chi connectivity index (χ4v) is 1.96. The van der Waals surface area contributed by atoms with E-state index < -0.39 is 0 Å². The van der Waals surface area contributed by atoms with E-state index in [2.05, 4.69) is 19.2 Å². The van der Waals surface area contributed by atoms with Crippen molar-refractivity contribution in [3.05, 3.63) is 54.6 Å². The third kappa shape index (κ3) is 4.63. The van der Waals surface area contributed by atoms with Gasteiger partial charge in [0, 0.05) is 12.1 Å². The molecule has 21 heavy (non-hydrogen) atoms. The Hall–Kier alpha value is -2.29. The van der Waals surface area contributed by atoms with Crippen LogP contribution >= 0.6 is 0 Å². The van der Waals surface area contributed by atoms with Crippen LogP contribution in [0.2, 0.25) is 0 Å². The Morgan fingerprint density at radius 1 is 1.05 bits per heavy atom. The number of para-hydroxylation sites is 1. The van der Waals surface area contributed by atoms with Crippen molar-refractivity contribution in [2.24, 2.45) is 5.92 Å². The molecule has 0 radical (unpaired) electrons. The van der Waals surface area contributed by atoms with E-state index in [1.54, 1.807) is 0 Å². The van der Waals surface area contributed by atoms with Crippen LogP contribution in [0.3, 0.4) is 0 Å². The van der Waals surface area contributed by atoms with Crippen molar-refractivity contribution in [2.45, 2.75) is 13.8 Å². The number of benzene rings is 2. The minimum atomic E-state index is -0.0911. The molecule has 0 spiro atoms. The number of amides is 1. The molecule has 2 aromatic carbocycles. The van der Waals surface area contributed by atoms with E-state index in [0.717, 1.165) is 16.9 Å². The van der Waals surface area contributed by atoms with Crippen LogP contribution in [0.4, 0.5) is 0 Å². The summed E-state index contributed by atoms with van der Waals surface area (Å²) in [4.78, 5) is 11.7. The predicted molar refractivity (Wildman–Crippen MR) is 85.2 cm³/mol. The summed E-state index contributed by atoms with van der Waals surface area (Å²) < 4.78 is 5.67. The zero-order valence-electron chi connectivity index (χ0n) is 12.5. The molecule has 0 heterocycles. The van der Waals surface area contributed by atoms with Gasteiger partial charge in [-0.05, 0) is 17.5 Å². The van der Waals surface area contributed by atoms with Crippen LogP contribution in [-0.4, -0.2) is 19.1 Å². The molecule has 1 amide bonds. The topological polar surface area (TPSA) is 38.3 Å². The summed E-state index contributed by atoms with van der Waals surface area (Å²) in [6.07, 6.45) is 0. The van der Waals surface area contributed by atoms with Gasteiger partial charge in [-0.1, -0.05) is 62.4 Å². The molecule has 3 nitrogen and oxygen atoms in total. The highest BCUT2D eigenvalue weighted by atomic mass is 16.5. The van der Waals surface area contributed by atoms with E-state index in [1.807, 2.05) is 54.6 Å². The van der Waals surface area contributed by atoms with Gasteiger partial charge in [-0.15, -0.1) is 0 Å². The molecular formula is C18H21NO2. The average Bonchev–Trinajstić information content (AvgIpc) is 2.52. The number of ether oxygens (including phenoxy) is 1. The van der Waals surface area contributed by atoms with Crippen molar-refractivity contribution in [1.29, 1.82) is 0 Å². The Kier molecular flexibility index (Phi) is 5.38. The third-order valence-corrected chi connectivity index (χ3v) is 3.04. The number of hydrogen-bond donors (Lipinski definition) is 1. The molecule has 0 saturated carbocycles. The summed E-state index contributed by atoms with van der Waals surface area (Å²) in [6, 6.07) is 17.8. The third-order valence-electron chi connectivity index (χ3n) is 3.04. The second kappa shape index (κ2) is 7.48. The van der Waals surface area contributed by atoms with Crippen LogP contribution in [0.15, 0.2) is 54.6 Å². The molecule has 110 valence electrons. The van der Waals surface area contributed by atoms with Crippen LogP contribution in [0.1, 0.15) is 13.8 Å². The van der Waals surface area contributed by atoms with Crippen molar-refractivity contribution >= 4 is 5.91 Å². The van der Waals surface area contributed by atoms with Gasteiger partial charge in [0.25, 0.3) is 5.91 Å². The Morgan fingerprint density at radius 3 is 2.43 bits per heavy atom.